The lowest BCUT2D eigenvalue weighted by Gasteiger charge is -2.15. The van der Waals surface area contributed by atoms with Crippen LogP contribution in [-0.2, 0) is 13.1 Å². The summed E-state index contributed by atoms with van der Waals surface area (Å²) in [7, 11) is 0. The number of aromatic nitrogens is 1. The van der Waals surface area contributed by atoms with Gasteiger partial charge >= 0.3 is 0 Å². The van der Waals surface area contributed by atoms with Crippen molar-refractivity contribution in [2.75, 3.05) is 0 Å². The van der Waals surface area contributed by atoms with Gasteiger partial charge in [0.1, 0.15) is 0 Å². The third kappa shape index (κ3) is 4.20. The van der Waals surface area contributed by atoms with Crippen LogP contribution in [0.4, 0.5) is 0 Å². The van der Waals surface area contributed by atoms with Crippen LogP contribution in [0.2, 0.25) is 10.0 Å². The fourth-order valence-corrected chi connectivity index (χ4v) is 4.33. The van der Waals surface area contributed by atoms with Crippen LogP contribution in [0.15, 0.2) is 72.8 Å². The van der Waals surface area contributed by atoms with E-state index >= 15 is 0 Å². The predicted molar refractivity (Wildman–Crippen MR) is 124 cm³/mol. The first-order chi connectivity index (χ1) is 14.0. The Bertz CT molecular complexity index is 1130. The molecule has 1 heterocycles. The van der Waals surface area contributed by atoms with Gasteiger partial charge in [0.25, 0.3) is 0 Å². The molecule has 3 aromatic carbocycles. The van der Waals surface area contributed by atoms with Crippen LogP contribution in [-0.4, -0.2) is 4.57 Å². The van der Waals surface area contributed by atoms with E-state index in [9.17, 15) is 0 Å². The summed E-state index contributed by atoms with van der Waals surface area (Å²) in [6.45, 7) is 5.92. The van der Waals surface area contributed by atoms with Crippen LogP contribution in [0.3, 0.4) is 0 Å². The van der Waals surface area contributed by atoms with Gasteiger partial charge in [0.15, 0.2) is 0 Å². The molecular formula is C25H24Cl2N2. The summed E-state index contributed by atoms with van der Waals surface area (Å²) in [6, 6.07) is 25.1. The van der Waals surface area contributed by atoms with Crippen molar-refractivity contribution in [3.05, 3.63) is 105 Å². The van der Waals surface area contributed by atoms with Crippen molar-refractivity contribution in [1.82, 2.24) is 9.88 Å². The Labute approximate surface area is 182 Å². The summed E-state index contributed by atoms with van der Waals surface area (Å²) in [5, 5.41) is 6.33. The zero-order valence-corrected chi connectivity index (χ0v) is 18.1. The number of nitrogens with zero attached hydrogens (tertiary/aromatic N) is 1. The first kappa shape index (κ1) is 20.0. The maximum atomic E-state index is 6.45. The molecule has 148 valence electrons. The number of fused-ring (bicyclic) bond motifs is 1. The lowest BCUT2D eigenvalue weighted by atomic mass is 10.1. The molecule has 0 aliphatic heterocycles. The fourth-order valence-electron chi connectivity index (χ4n) is 3.86. The van der Waals surface area contributed by atoms with Gasteiger partial charge in [0.2, 0.25) is 0 Å². The molecule has 0 aliphatic rings. The molecule has 0 radical (unpaired) electrons. The Kier molecular flexibility index (Phi) is 5.96. The number of rotatable bonds is 6. The summed E-state index contributed by atoms with van der Waals surface area (Å²) < 4.78 is 2.34. The molecule has 4 rings (SSSR count). The van der Waals surface area contributed by atoms with E-state index in [-0.39, 0.29) is 6.04 Å². The van der Waals surface area contributed by atoms with Gasteiger partial charge < -0.3 is 9.88 Å². The molecule has 29 heavy (non-hydrogen) atoms. The Morgan fingerprint density at radius 2 is 1.66 bits per heavy atom. The van der Waals surface area contributed by atoms with Gasteiger partial charge in [-0.15, -0.1) is 0 Å². The van der Waals surface area contributed by atoms with Gasteiger partial charge in [-0.05, 0) is 48.7 Å². The van der Waals surface area contributed by atoms with Gasteiger partial charge in [-0.25, -0.2) is 0 Å². The van der Waals surface area contributed by atoms with Crippen molar-refractivity contribution in [2.45, 2.75) is 33.0 Å². The van der Waals surface area contributed by atoms with E-state index in [1.54, 1.807) is 0 Å². The Hall–Kier alpha value is -2.26. The quantitative estimate of drug-likeness (QED) is 0.348. The molecule has 0 saturated heterocycles. The second kappa shape index (κ2) is 8.62. The molecule has 1 atom stereocenters. The van der Waals surface area contributed by atoms with Crippen LogP contribution in [0.25, 0.3) is 10.9 Å². The van der Waals surface area contributed by atoms with E-state index in [1.807, 2.05) is 18.2 Å². The smallest absolute Gasteiger partial charge is 0.0493 e. The maximum absolute atomic E-state index is 6.45. The highest BCUT2D eigenvalue weighted by atomic mass is 35.5. The number of nitrogens with one attached hydrogen (secondary N) is 1. The summed E-state index contributed by atoms with van der Waals surface area (Å²) in [5.41, 5.74) is 6.16. The van der Waals surface area contributed by atoms with E-state index in [2.05, 4.69) is 78.3 Å². The number of hydrogen-bond donors (Lipinski definition) is 1. The minimum Gasteiger partial charge on any atom is -0.340 e. The monoisotopic (exact) mass is 422 g/mol. The van der Waals surface area contributed by atoms with Crippen molar-refractivity contribution < 1.29 is 0 Å². The van der Waals surface area contributed by atoms with E-state index in [0.29, 0.717) is 10.0 Å². The van der Waals surface area contributed by atoms with Gasteiger partial charge in [0.05, 0.1) is 0 Å². The van der Waals surface area contributed by atoms with Crippen molar-refractivity contribution >= 4 is 34.1 Å². The molecule has 4 aromatic rings. The average Bonchev–Trinajstić information content (AvgIpc) is 3.00. The minimum absolute atomic E-state index is 0.281. The van der Waals surface area contributed by atoms with E-state index in [1.165, 1.54) is 27.7 Å². The summed E-state index contributed by atoms with van der Waals surface area (Å²) in [5.74, 6) is 0. The third-order valence-corrected chi connectivity index (χ3v) is 6.18. The number of hydrogen-bond acceptors (Lipinski definition) is 1. The van der Waals surface area contributed by atoms with Crippen LogP contribution in [0.1, 0.15) is 35.3 Å². The van der Waals surface area contributed by atoms with E-state index in [4.69, 9.17) is 23.2 Å². The highest BCUT2D eigenvalue weighted by Crippen LogP contribution is 2.29. The average molecular weight is 423 g/mol. The highest BCUT2D eigenvalue weighted by Gasteiger charge is 2.16. The molecule has 1 N–H and O–H groups in total. The Morgan fingerprint density at radius 3 is 2.41 bits per heavy atom. The van der Waals surface area contributed by atoms with Gasteiger partial charge in [0, 0.05) is 45.8 Å². The molecule has 0 aliphatic carbocycles. The molecule has 0 amide bonds. The lowest BCUT2D eigenvalue weighted by Crippen LogP contribution is -2.18. The van der Waals surface area contributed by atoms with E-state index in [0.717, 1.165) is 18.7 Å². The van der Waals surface area contributed by atoms with Crippen molar-refractivity contribution in [1.29, 1.82) is 0 Å². The summed E-state index contributed by atoms with van der Waals surface area (Å²) in [6.07, 6.45) is 0. The van der Waals surface area contributed by atoms with Crippen LogP contribution >= 0.6 is 23.2 Å². The van der Waals surface area contributed by atoms with Crippen molar-refractivity contribution in [3.8, 4) is 0 Å². The fraction of sp³-hybridized carbons (Fsp3) is 0.200. The summed E-state index contributed by atoms with van der Waals surface area (Å²) >= 11 is 12.5. The second-order valence-corrected chi connectivity index (χ2v) is 8.26. The molecule has 0 bridgehead atoms. The zero-order chi connectivity index (χ0) is 20.4. The van der Waals surface area contributed by atoms with Crippen LogP contribution in [0, 0.1) is 6.92 Å². The van der Waals surface area contributed by atoms with Gasteiger partial charge in [-0.3, -0.25) is 0 Å². The highest BCUT2D eigenvalue weighted by molar-refractivity contribution is 6.35. The molecule has 4 heteroatoms. The number of halogens is 2. The third-order valence-electron chi connectivity index (χ3n) is 5.59. The lowest BCUT2D eigenvalue weighted by molar-refractivity contribution is 0.573. The zero-order valence-electron chi connectivity index (χ0n) is 16.6. The Morgan fingerprint density at radius 1 is 0.931 bits per heavy atom. The summed E-state index contributed by atoms with van der Waals surface area (Å²) in [4.78, 5) is 0. The maximum Gasteiger partial charge on any atom is 0.0493 e. The van der Waals surface area contributed by atoms with Gasteiger partial charge in [-0.1, -0.05) is 77.8 Å². The van der Waals surface area contributed by atoms with E-state index < -0.39 is 0 Å². The topological polar surface area (TPSA) is 17.0 Å². The first-order valence-corrected chi connectivity index (χ1v) is 10.6. The standard InChI is InChI=1S/C25H24Cl2N2/c1-17(19-8-4-3-5-9-19)28-15-23-18(2)29(25-11-7-6-10-22(23)25)16-20-12-13-21(26)14-24(20)27/h3-14,17,28H,15-16H2,1-2H3. The predicted octanol–water partition coefficient (Wildman–Crippen LogP) is 7.16. The SMILES string of the molecule is Cc1c(CNC(C)c2ccccc2)c2ccccc2n1Cc1ccc(Cl)cc1Cl. The largest absolute Gasteiger partial charge is 0.340 e. The molecule has 2 nitrogen and oxygen atoms in total. The molecule has 0 saturated carbocycles. The Balaban J connectivity index is 1.66. The minimum atomic E-state index is 0.281. The molecule has 1 aromatic heterocycles. The van der Waals surface area contributed by atoms with Crippen LogP contribution in [0.5, 0.6) is 0 Å². The number of benzene rings is 3. The molecule has 0 spiro atoms. The molecule has 1 unspecified atom stereocenters. The normalized spacial score (nSPS) is 12.4. The molecule has 0 fully saturated rings. The van der Waals surface area contributed by atoms with Gasteiger partial charge in [-0.2, -0.15) is 0 Å². The first-order valence-electron chi connectivity index (χ1n) is 9.83. The van der Waals surface area contributed by atoms with Crippen LogP contribution < -0.4 is 5.32 Å². The van der Waals surface area contributed by atoms with Crippen molar-refractivity contribution in [2.24, 2.45) is 0 Å². The second-order valence-electron chi connectivity index (χ2n) is 7.42. The van der Waals surface area contributed by atoms with Crippen molar-refractivity contribution in [3.63, 3.8) is 0 Å². The number of para-hydroxylation sites is 1. The molecular weight excluding hydrogens is 399 g/mol.